The number of anilines is 1. The van der Waals surface area contributed by atoms with Crippen LogP contribution in [0.4, 0.5) is 5.69 Å². The van der Waals surface area contributed by atoms with Crippen molar-refractivity contribution in [3.8, 4) is 0 Å². The third-order valence-corrected chi connectivity index (χ3v) is 3.32. The Balaban J connectivity index is 1.87. The maximum atomic E-state index is 11.8. The number of carbonyl (C=O) groups is 2. The minimum Gasteiger partial charge on any atom is -0.451 e. The van der Waals surface area contributed by atoms with Gasteiger partial charge in [-0.05, 0) is 33.6 Å². The van der Waals surface area contributed by atoms with Crippen molar-refractivity contribution < 1.29 is 14.3 Å². The lowest BCUT2D eigenvalue weighted by Crippen LogP contribution is -2.37. The molecule has 0 bridgehead atoms. The summed E-state index contributed by atoms with van der Waals surface area (Å²) in [7, 11) is 0. The maximum absolute atomic E-state index is 11.8. The van der Waals surface area contributed by atoms with Crippen LogP contribution in [0.5, 0.6) is 0 Å². The van der Waals surface area contributed by atoms with Crippen molar-refractivity contribution in [2.45, 2.75) is 52.3 Å². The summed E-state index contributed by atoms with van der Waals surface area (Å²) in [5.74, 6) is -0.761. The van der Waals surface area contributed by atoms with Crippen LogP contribution in [0, 0.1) is 13.8 Å². The Kier molecular flexibility index (Phi) is 3.96. The normalized spacial score (nSPS) is 15.8. The predicted octanol–water partition coefficient (Wildman–Crippen LogP) is 0.292. The first-order chi connectivity index (χ1) is 9.38. The van der Waals surface area contributed by atoms with Gasteiger partial charge in [-0.1, -0.05) is 0 Å². The van der Waals surface area contributed by atoms with Gasteiger partial charge in [0.25, 0.3) is 5.91 Å². The van der Waals surface area contributed by atoms with Gasteiger partial charge in [-0.15, -0.1) is 0 Å². The highest BCUT2D eigenvalue weighted by atomic mass is 16.5. The van der Waals surface area contributed by atoms with E-state index >= 15 is 0 Å². The zero-order chi connectivity index (χ0) is 14.9. The number of aromatic nitrogens is 2. The molecule has 7 nitrogen and oxygen atoms in total. The van der Waals surface area contributed by atoms with Crippen LogP contribution in [-0.2, 0) is 20.9 Å². The van der Waals surface area contributed by atoms with Gasteiger partial charge in [0.15, 0.2) is 6.10 Å². The first kappa shape index (κ1) is 14.4. The van der Waals surface area contributed by atoms with E-state index in [1.807, 2.05) is 0 Å². The largest absolute Gasteiger partial charge is 0.451 e. The van der Waals surface area contributed by atoms with Gasteiger partial charge in [0.1, 0.15) is 6.54 Å². The molecule has 1 amide bonds. The number of hydrogen-bond acceptors (Lipinski definition) is 5. The van der Waals surface area contributed by atoms with E-state index < -0.39 is 12.1 Å². The van der Waals surface area contributed by atoms with Gasteiger partial charge in [0, 0.05) is 6.04 Å². The van der Waals surface area contributed by atoms with Crippen LogP contribution in [0.15, 0.2) is 0 Å². The number of nitrogens with one attached hydrogen (secondary N) is 1. The van der Waals surface area contributed by atoms with Crippen molar-refractivity contribution >= 4 is 17.6 Å². The van der Waals surface area contributed by atoms with Crippen LogP contribution in [0.3, 0.4) is 0 Å². The third-order valence-electron chi connectivity index (χ3n) is 3.32. The minimum absolute atomic E-state index is 0.0507. The number of nitrogen functional groups attached to an aromatic ring is 1. The van der Waals surface area contributed by atoms with E-state index in [-0.39, 0.29) is 18.5 Å². The van der Waals surface area contributed by atoms with Crippen LogP contribution < -0.4 is 11.1 Å². The molecular formula is C13H20N4O3. The molecular weight excluding hydrogens is 260 g/mol. The molecule has 1 fully saturated rings. The number of aryl methyl sites for hydroxylation is 1. The van der Waals surface area contributed by atoms with Crippen molar-refractivity contribution in [2.75, 3.05) is 5.73 Å². The first-order valence-electron chi connectivity index (χ1n) is 6.67. The number of hydrogen-bond donors (Lipinski definition) is 2. The summed E-state index contributed by atoms with van der Waals surface area (Å²) in [4.78, 5) is 23.5. The number of nitrogens with zero attached hydrogens (tertiary/aromatic N) is 2. The SMILES string of the molecule is Cc1nn(CC(=O)OC(C)C(=O)NC2CC2)c(C)c1N. The molecule has 1 aromatic heterocycles. The zero-order valence-corrected chi connectivity index (χ0v) is 12.0. The fourth-order valence-electron chi connectivity index (χ4n) is 1.82. The molecule has 1 heterocycles. The fraction of sp³-hybridized carbons (Fsp3) is 0.615. The molecule has 110 valence electrons. The standard InChI is InChI=1S/C13H20N4O3/c1-7-12(14)8(2)17(16-7)6-11(18)20-9(3)13(19)15-10-4-5-10/h9-10H,4-6,14H2,1-3H3,(H,15,19). The van der Waals surface area contributed by atoms with Crippen LogP contribution in [-0.4, -0.2) is 33.8 Å². The van der Waals surface area contributed by atoms with Gasteiger partial charge in [0.05, 0.1) is 17.1 Å². The molecule has 7 heteroatoms. The minimum atomic E-state index is -0.794. The molecule has 0 aromatic carbocycles. The summed E-state index contributed by atoms with van der Waals surface area (Å²) in [5, 5.41) is 6.94. The van der Waals surface area contributed by atoms with Crippen LogP contribution in [0.2, 0.25) is 0 Å². The lowest BCUT2D eigenvalue weighted by molar-refractivity contribution is -0.155. The number of carbonyl (C=O) groups excluding carboxylic acids is 2. The Morgan fingerprint density at radius 1 is 1.50 bits per heavy atom. The van der Waals surface area contributed by atoms with Gasteiger partial charge in [0.2, 0.25) is 0 Å². The lowest BCUT2D eigenvalue weighted by Gasteiger charge is -2.13. The van der Waals surface area contributed by atoms with Gasteiger partial charge in [-0.2, -0.15) is 5.10 Å². The highest BCUT2D eigenvalue weighted by molar-refractivity contribution is 5.83. The van der Waals surface area contributed by atoms with Crippen LogP contribution in [0.25, 0.3) is 0 Å². The topological polar surface area (TPSA) is 99.2 Å². The second-order valence-corrected chi connectivity index (χ2v) is 5.16. The number of nitrogens with two attached hydrogens (primary N) is 1. The van der Waals surface area contributed by atoms with Crippen molar-refractivity contribution in [1.29, 1.82) is 0 Å². The zero-order valence-electron chi connectivity index (χ0n) is 12.0. The van der Waals surface area contributed by atoms with Gasteiger partial charge in [-0.3, -0.25) is 14.3 Å². The molecule has 1 unspecified atom stereocenters. The molecule has 0 spiro atoms. The molecule has 3 N–H and O–H groups in total. The molecule has 0 aliphatic heterocycles. The number of esters is 1. The maximum Gasteiger partial charge on any atom is 0.328 e. The molecule has 1 aliphatic rings. The molecule has 1 aromatic rings. The summed E-state index contributed by atoms with van der Waals surface area (Å²) in [5.41, 5.74) is 7.75. The average Bonchev–Trinajstić information content (AvgIpc) is 3.15. The van der Waals surface area contributed by atoms with Crippen molar-refractivity contribution in [2.24, 2.45) is 0 Å². The van der Waals surface area contributed by atoms with Crippen LogP contribution in [0.1, 0.15) is 31.2 Å². The monoisotopic (exact) mass is 280 g/mol. The second-order valence-electron chi connectivity index (χ2n) is 5.16. The van der Waals surface area contributed by atoms with E-state index in [1.165, 1.54) is 4.68 Å². The van der Waals surface area contributed by atoms with E-state index in [0.29, 0.717) is 11.4 Å². The number of rotatable bonds is 5. The smallest absolute Gasteiger partial charge is 0.328 e. The lowest BCUT2D eigenvalue weighted by atomic mass is 10.3. The van der Waals surface area contributed by atoms with E-state index in [0.717, 1.165) is 18.5 Å². The van der Waals surface area contributed by atoms with Gasteiger partial charge < -0.3 is 15.8 Å². The quantitative estimate of drug-likeness (QED) is 0.755. The molecule has 0 saturated heterocycles. The summed E-state index contributed by atoms with van der Waals surface area (Å²) in [6.45, 7) is 5.07. The van der Waals surface area contributed by atoms with E-state index in [9.17, 15) is 9.59 Å². The van der Waals surface area contributed by atoms with Crippen molar-refractivity contribution in [1.82, 2.24) is 15.1 Å². The number of ether oxygens (including phenoxy) is 1. The molecule has 1 aliphatic carbocycles. The molecule has 0 radical (unpaired) electrons. The van der Waals surface area contributed by atoms with Crippen LogP contribution >= 0.6 is 0 Å². The number of amides is 1. The highest BCUT2D eigenvalue weighted by Gasteiger charge is 2.27. The van der Waals surface area contributed by atoms with Gasteiger partial charge >= 0.3 is 5.97 Å². The summed E-state index contributed by atoms with van der Waals surface area (Å²) >= 11 is 0. The van der Waals surface area contributed by atoms with Crippen molar-refractivity contribution in [3.05, 3.63) is 11.4 Å². The van der Waals surface area contributed by atoms with E-state index in [1.54, 1.807) is 20.8 Å². The van der Waals surface area contributed by atoms with Gasteiger partial charge in [-0.25, -0.2) is 0 Å². The first-order valence-corrected chi connectivity index (χ1v) is 6.67. The summed E-state index contributed by atoms with van der Waals surface area (Å²) < 4.78 is 6.58. The third kappa shape index (κ3) is 3.28. The average molecular weight is 280 g/mol. The summed E-state index contributed by atoms with van der Waals surface area (Å²) in [6.07, 6.45) is 1.20. The fourth-order valence-corrected chi connectivity index (χ4v) is 1.82. The Bertz CT molecular complexity index is 534. The van der Waals surface area contributed by atoms with E-state index in [2.05, 4.69) is 10.4 Å². The predicted molar refractivity (Wildman–Crippen MR) is 72.8 cm³/mol. The van der Waals surface area contributed by atoms with E-state index in [4.69, 9.17) is 10.5 Å². The molecule has 2 rings (SSSR count). The molecule has 20 heavy (non-hydrogen) atoms. The Morgan fingerprint density at radius 2 is 2.15 bits per heavy atom. The molecule has 1 atom stereocenters. The Hall–Kier alpha value is -2.05. The Labute approximate surface area is 117 Å². The Morgan fingerprint density at radius 3 is 2.65 bits per heavy atom. The second kappa shape index (κ2) is 5.52. The highest BCUT2D eigenvalue weighted by Crippen LogP contribution is 2.19. The molecule has 1 saturated carbocycles. The van der Waals surface area contributed by atoms with Crippen molar-refractivity contribution in [3.63, 3.8) is 0 Å². The summed E-state index contributed by atoms with van der Waals surface area (Å²) in [6, 6.07) is 0.249.